The van der Waals surface area contributed by atoms with Crippen molar-refractivity contribution in [2.75, 3.05) is 7.11 Å². The fourth-order valence-electron chi connectivity index (χ4n) is 0.731. The van der Waals surface area contributed by atoms with E-state index in [4.69, 9.17) is 4.84 Å². The predicted octanol–water partition coefficient (Wildman–Crippen LogP) is -0.808. The molecular formula is C5H9N3O2. The Kier molecular flexibility index (Phi) is 1.75. The Morgan fingerprint density at radius 2 is 2.50 bits per heavy atom. The molecule has 5 nitrogen and oxygen atoms in total. The van der Waals surface area contributed by atoms with Gasteiger partial charge in [0, 0.05) is 6.42 Å². The van der Waals surface area contributed by atoms with Gasteiger partial charge in [-0.3, -0.25) is 0 Å². The molecule has 56 valence electrons. The maximum atomic E-state index is 10.7. The number of nitrogens with zero attached hydrogens (tertiary/aromatic N) is 2. The maximum absolute atomic E-state index is 10.7. The van der Waals surface area contributed by atoms with Crippen molar-refractivity contribution >= 4 is 0 Å². The molecule has 0 atom stereocenters. The Morgan fingerprint density at radius 1 is 1.80 bits per heavy atom. The Hall–Kier alpha value is -1.26. The molecule has 0 aliphatic heterocycles. The van der Waals surface area contributed by atoms with Crippen LogP contribution in [0.15, 0.2) is 4.79 Å². The summed E-state index contributed by atoms with van der Waals surface area (Å²) < 4.78 is 1.12. The minimum Gasteiger partial charge on any atom is -0.411 e. The van der Waals surface area contributed by atoms with Crippen molar-refractivity contribution in [3.63, 3.8) is 0 Å². The summed E-state index contributed by atoms with van der Waals surface area (Å²) >= 11 is 0. The number of aryl methyl sites for hydroxylation is 1. The van der Waals surface area contributed by atoms with Crippen molar-refractivity contribution in [3.8, 4) is 0 Å². The van der Waals surface area contributed by atoms with Crippen LogP contribution in [0, 0.1) is 0 Å². The fourth-order valence-corrected chi connectivity index (χ4v) is 0.731. The molecule has 1 rings (SSSR count). The van der Waals surface area contributed by atoms with Crippen LogP contribution in [0.1, 0.15) is 12.7 Å². The van der Waals surface area contributed by atoms with Crippen molar-refractivity contribution in [2.45, 2.75) is 13.3 Å². The first kappa shape index (κ1) is 6.85. The zero-order chi connectivity index (χ0) is 7.56. The van der Waals surface area contributed by atoms with Crippen molar-refractivity contribution in [2.24, 2.45) is 0 Å². The second kappa shape index (κ2) is 2.55. The van der Waals surface area contributed by atoms with E-state index in [2.05, 4.69) is 10.2 Å². The number of rotatable bonds is 2. The summed E-state index contributed by atoms with van der Waals surface area (Å²) in [7, 11) is 1.43. The summed E-state index contributed by atoms with van der Waals surface area (Å²) in [5.74, 6) is 0.604. The molecule has 0 fully saturated rings. The Labute approximate surface area is 57.6 Å². The molecule has 1 heterocycles. The second-order valence-corrected chi connectivity index (χ2v) is 1.78. The van der Waals surface area contributed by atoms with Gasteiger partial charge in [-0.05, 0) is 0 Å². The highest BCUT2D eigenvalue weighted by molar-refractivity contribution is 4.81. The van der Waals surface area contributed by atoms with Crippen LogP contribution < -0.4 is 10.5 Å². The van der Waals surface area contributed by atoms with Gasteiger partial charge < -0.3 is 4.84 Å². The molecule has 5 heteroatoms. The summed E-state index contributed by atoms with van der Waals surface area (Å²) in [4.78, 5) is 15.5. The molecule has 1 aromatic rings. The molecular weight excluding hydrogens is 134 g/mol. The number of nitrogens with one attached hydrogen (secondary N) is 1. The normalized spacial score (nSPS) is 9.80. The number of H-pyrrole nitrogens is 1. The van der Waals surface area contributed by atoms with Crippen LogP contribution >= 0.6 is 0 Å². The van der Waals surface area contributed by atoms with Gasteiger partial charge in [0.2, 0.25) is 0 Å². The lowest BCUT2D eigenvalue weighted by Gasteiger charge is -1.97. The van der Waals surface area contributed by atoms with Crippen LogP contribution in [0.4, 0.5) is 0 Å². The highest BCUT2D eigenvalue weighted by Crippen LogP contribution is 1.86. The Bertz CT molecular complexity index is 262. The first-order valence-electron chi connectivity index (χ1n) is 3.00. The standard InChI is InChI=1S/C5H9N3O2/c1-3-4-6-7-5(9)8(4)10-2/h3H2,1-2H3,(H,7,9). The summed E-state index contributed by atoms with van der Waals surface area (Å²) in [5, 5.41) is 5.98. The number of hydrogen-bond acceptors (Lipinski definition) is 3. The van der Waals surface area contributed by atoms with Crippen molar-refractivity contribution < 1.29 is 4.84 Å². The lowest BCUT2D eigenvalue weighted by Crippen LogP contribution is -2.23. The van der Waals surface area contributed by atoms with Crippen molar-refractivity contribution in [1.82, 2.24) is 14.9 Å². The highest BCUT2D eigenvalue weighted by Gasteiger charge is 2.03. The predicted molar refractivity (Wildman–Crippen MR) is 34.7 cm³/mol. The minimum atomic E-state index is -0.334. The van der Waals surface area contributed by atoms with Gasteiger partial charge in [-0.25, -0.2) is 9.89 Å². The Morgan fingerprint density at radius 3 is 2.90 bits per heavy atom. The van der Waals surface area contributed by atoms with Crippen LogP contribution in [0.25, 0.3) is 0 Å². The first-order valence-corrected chi connectivity index (χ1v) is 3.00. The fraction of sp³-hybridized carbons (Fsp3) is 0.600. The van der Waals surface area contributed by atoms with Gasteiger partial charge in [0.05, 0.1) is 0 Å². The van der Waals surface area contributed by atoms with Gasteiger partial charge in [0.25, 0.3) is 0 Å². The quantitative estimate of drug-likeness (QED) is 0.589. The number of aromatic amines is 1. The first-order chi connectivity index (χ1) is 4.79. The van der Waals surface area contributed by atoms with E-state index in [1.165, 1.54) is 7.11 Å². The van der Waals surface area contributed by atoms with E-state index >= 15 is 0 Å². The molecule has 0 bridgehead atoms. The average molecular weight is 143 g/mol. The van der Waals surface area contributed by atoms with Crippen LogP contribution in [0.5, 0.6) is 0 Å². The molecule has 0 amide bonds. The van der Waals surface area contributed by atoms with Crippen LogP contribution in [-0.2, 0) is 6.42 Å². The molecule has 0 aliphatic rings. The molecule has 0 aliphatic carbocycles. The lowest BCUT2D eigenvalue weighted by molar-refractivity contribution is 0.149. The van der Waals surface area contributed by atoms with Crippen LogP contribution in [0.2, 0.25) is 0 Å². The molecule has 0 saturated heterocycles. The summed E-state index contributed by atoms with van der Waals surface area (Å²) in [6.45, 7) is 1.89. The third kappa shape index (κ3) is 0.896. The summed E-state index contributed by atoms with van der Waals surface area (Å²) in [5.41, 5.74) is -0.334. The third-order valence-corrected chi connectivity index (χ3v) is 1.20. The second-order valence-electron chi connectivity index (χ2n) is 1.78. The molecule has 0 unspecified atom stereocenters. The lowest BCUT2D eigenvalue weighted by atomic mass is 10.5. The van der Waals surface area contributed by atoms with E-state index in [0.717, 1.165) is 4.73 Å². The number of aromatic nitrogens is 3. The van der Waals surface area contributed by atoms with Crippen LogP contribution in [-0.4, -0.2) is 22.0 Å². The van der Waals surface area contributed by atoms with Gasteiger partial charge in [-0.1, -0.05) is 6.92 Å². The molecule has 0 spiro atoms. The van der Waals surface area contributed by atoms with Crippen molar-refractivity contribution in [1.29, 1.82) is 0 Å². The van der Waals surface area contributed by atoms with E-state index in [9.17, 15) is 4.79 Å². The summed E-state index contributed by atoms with van der Waals surface area (Å²) in [6, 6.07) is 0. The van der Waals surface area contributed by atoms with E-state index in [1.54, 1.807) is 0 Å². The smallest absolute Gasteiger partial charge is 0.376 e. The third-order valence-electron chi connectivity index (χ3n) is 1.20. The van der Waals surface area contributed by atoms with Gasteiger partial charge in [-0.2, -0.15) is 5.10 Å². The topological polar surface area (TPSA) is 59.9 Å². The average Bonchev–Trinajstić information content (AvgIpc) is 2.30. The SMILES string of the molecule is CCc1n[nH]c(=O)n1OC. The van der Waals surface area contributed by atoms with E-state index < -0.39 is 0 Å². The molecule has 0 radical (unpaired) electrons. The molecule has 10 heavy (non-hydrogen) atoms. The Balaban J connectivity index is 3.13. The number of hydrogen-bond donors (Lipinski definition) is 1. The van der Waals surface area contributed by atoms with Gasteiger partial charge in [0.1, 0.15) is 7.11 Å². The van der Waals surface area contributed by atoms with Crippen LogP contribution in [0.3, 0.4) is 0 Å². The zero-order valence-electron chi connectivity index (χ0n) is 5.92. The molecule has 0 saturated carbocycles. The van der Waals surface area contributed by atoms with E-state index in [1.807, 2.05) is 6.92 Å². The van der Waals surface area contributed by atoms with Crippen molar-refractivity contribution in [3.05, 3.63) is 16.3 Å². The molecule has 1 N–H and O–H groups in total. The summed E-state index contributed by atoms with van der Waals surface area (Å²) in [6.07, 6.45) is 0.673. The zero-order valence-corrected chi connectivity index (χ0v) is 5.92. The maximum Gasteiger partial charge on any atom is 0.376 e. The highest BCUT2D eigenvalue weighted by atomic mass is 16.7. The van der Waals surface area contributed by atoms with Gasteiger partial charge in [0.15, 0.2) is 5.82 Å². The minimum absolute atomic E-state index is 0.334. The molecule has 0 aromatic carbocycles. The van der Waals surface area contributed by atoms with E-state index in [-0.39, 0.29) is 5.69 Å². The molecule has 1 aromatic heterocycles. The largest absolute Gasteiger partial charge is 0.411 e. The van der Waals surface area contributed by atoms with Gasteiger partial charge >= 0.3 is 5.69 Å². The van der Waals surface area contributed by atoms with E-state index in [0.29, 0.717) is 12.2 Å². The van der Waals surface area contributed by atoms with Gasteiger partial charge in [-0.15, -0.1) is 4.73 Å². The monoisotopic (exact) mass is 143 g/mol.